The first kappa shape index (κ1) is 31.4. The van der Waals surface area contributed by atoms with Gasteiger partial charge in [-0.1, -0.05) is 0 Å². The molecule has 0 saturated heterocycles. The third-order valence-electron chi connectivity index (χ3n) is 0.389. The maximum absolute atomic E-state index is 9.37. The Morgan fingerprint density at radius 1 is 0.455 bits per heavy atom. The molecule has 22 heteroatoms. The van der Waals surface area contributed by atoms with Crippen molar-refractivity contribution in [1.29, 1.82) is 0 Å². The number of hydrogen-bond donors (Lipinski definition) is 0. The van der Waals surface area contributed by atoms with Crippen molar-refractivity contribution in [3.8, 4) is 0 Å². The summed E-state index contributed by atoms with van der Waals surface area (Å²) in [7, 11) is -21.2. The molecule has 22 heavy (non-hydrogen) atoms. The molecule has 0 rings (SSSR count). The second-order valence-corrected chi connectivity index (χ2v) is 5.72. The van der Waals surface area contributed by atoms with Crippen molar-refractivity contribution in [2.75, 3.05) is 0 Å². The van der Waals surface area contributed by atoms with Gasteiger partial charge in [0.05, 0.1) is 0 Å². The van der Waals surface area contributed by atoms with Gasteiger partial charge in [-0.05, 0) is 0 Å². The van der Waals surface area contributed by atoms with Gasteiger partial charge in [0.1, 0.15) is 0 Å². The van der Waals surface area contributed by atoms with Crippen molar-refractivity contribution in [1.82, 2.24) is 0 Å². The van der Waals surface area contributed by atoms with E-state index in [4.69, 9.17) is 0 Å². The fourth-order valence-electron chi connectivity index (χ4n) is 0.136. The molecule has 16 nitrogen and oxygen atoms in total. The molecular weight excluding hydrogens is 450 g/mol. The van der Waals surface area contributed by atoms with Gasteiger partial charge in [-0.2, -0.15) is 0 Å². The molecule has 0 unspecified atom stereocenters. The van der Waals surface area contributed by atoms with E-state index < -0.39 is 41.6 Å². The minimum Gasteiger partial charge on any atom is -0.724 e. The van der Waals surface area contributed by atoms with Crippen LogP contribution in [0, 0.1) is 0 Å². The first-order valence-electron chi connectivity index (χ1n) is 3.00. The maximum Gasteiger partial charge on any atom is 3.00 e. The molecule has 0 radical (unpaired) electrons. The van der Waals surface area contributed by atoms with Crippen LogP contribution >= 0.6 is 0 Å². The van der Waals surface area contributed by atoms with Gasteiger partial charge in [-0.3, -0.25) is 0 Å². The van der Waals surface area contributed by atoms with Crippen molar-refractivity contribution in [2.45, 2.75) is 0 Å². The largest absolute Gasteiger partial charge is 3.00 e. The van der Waals surface area contributed by atoms with Crippen molar-refractivity contribution < 1.29 is 121 Å². The molecule has 0 aromatic carbocycles. The Hall–Kier alpha value is 1.65. The predicted octanol–water partition coefficient (Wildman–Crippen LogP) is -7.67. The Labute approximate surface area is 177 Å². The van der Waals surface area contributed by atoms with Crippen LogP contribution in [-0.2, 0) is 58.9 Å². The van der Waals surface area contributed by atoms with Gasteiger partial charge in [-0.25, -0.2) is 33.7 Å². The van der Waals surface area contributed by atoms with Crippen LogP contribution in [0.25, 0.3) is 0 Å². The first-order valence-corrected chi connectivity index (χ1v) is 8.33. The van der Waals surface area contributed by atoms with E-state index in [0.29, 0.717) is 0 Å². The van der Waals surface area contributed by atoms with Gasteiger partial charge >= 0.3 is 68.7 Å². The third-order valence-corrected chi connectivity index (χ3v) is 1.50. The van der Waals surface area contributed by atoms with Crippen LogP contribution < -0.4 is 51.4 Å². The molecule has 0 aliphatic carbocycles. The summed E-state index contributed by atoms with van der Waals surface area (Å²) in [5.74, 6) is 0. The van der Waals surface area contributed by atoms with E-state index in [0.717, 1.165) is 0 Å². The summed E-state index contributed by atoms with van der Waals surface area (Å²) in [4.78, 5) is 0. The molecule has 0 saturated carbocycles. The van der Waals surface area contributed by atoms with E-state index in [2.05, 4.69) is 17.3 Å². The Kier molecular flexibility index (Phi) is 17.2. The molecule has 0 aromatic heterocycles. The molecular formula is AlKO16S4. The molecule has 0 N–H and O–H groups in total. The SMILES string of the molecule is O=S(=O)([O-])OOS(=O)(=O)[O-].O=S(=O)([O-])OOS(=O)(=O)[O-].[Al+3].[K+]. The zero-order valence-corrected chi connectivity index (χ0v) is 17.3. The molecule has 0 aliphatic rings. The van der Waals surface area contributed by atoms with Crippen LogP contribution in [0.1, 0.15) is 0 Å². The Bertz CT molecular complexity index is 562. The van der Waals surface area contributed by atoms with Gasteiger partial charge in [0.2, 0.25) is 41.6 Å². The smallest absolute Gasteiger partial charge is 0.724 e. The van der Waals surface area contributed by atoms with Gasteiger partial charge in [-0.15, -0.1) is 17.3 Å². The standard InChI is InChI=1S/Al.K.2H2O8S2/c;;2*1-9(2,3)7-8-10(4,5)6/h;;2*(H,1,2,3)(H,4,5,6)/q+3;+1;;/p-4. The van der Waals surface area contributed by atoms with Gasteiger partial charge in [0.15, 0.2) is 0 Å². The van der Waals surface area contributed by atoms with E-state index in [1.54, 1.807) is 0 Å². The quantitative estimate of drug-likeness (QED) is 0.119. The van der Waals surface area contributed by atoms with E-state index in [9.17, 15) is 51.9 Å². The summed E-state index contributed by atoms with van der Waals surface area (Å²) in [5, 5.41) is 0. The van der Waals surface area contributed by atoms with Gasteiger partial charge < -0.3 is 18.2 Å². The second kappa shape index (κ2) is 12.1. The zero-order chi connectivity index (χ0) is 16.8. The average molecular weight is 450 g/mol. The third kappa shape index (κ3) is 37.7. The fourth-order valence-corrected chi connectivity index (χ4v) is 1.22. The molecule has 0 aromatic rings. The van der Waals surface area contributed by atoms with Crippen LogP contribution in [-0.4, -0.2) is 69.2 Å². The summed E-state index contributed by atoms with van der Waals surface area (Å²) in [6.07, 6.45) is 0. The molecule has 0 aliphatic heterocycles. The molecule has 0 bridgehead atoms. The van der Waals surface area contributed by atoms with Crippen molar-refractivity contribution >= 4 is 59.0 Å². The molecule has 0 atom stereocenters. The van der Waals surface area contributed by atoms with Crippen LogP contribution in [0.5, 0.6) is 0 Å². The summed E-state index contributed by atoms with van der Waals surface area (Å²) < 4.78 is 123. The summed E-state index contributed by atoms with van der Waals surface area (Å²) in [6.45, 7) is 0. The normalized spacial score (nSPS) is 12.2. The van der Waals surface area contributed by atoms with Crippen LogP contribution in [0.4, 0.5) is 0 Å². The molecule has 0 fully saturated rings. The Morgan fingerprint density at radius 3 is 0.591 bits per heavy atom. The summed E-state index contributed by atoms with van der Waals surface area (Å²) in [6, 6.07) is 0. The number of rotatable bonds is 6. The minimum absolute atomic E-state index is 0. The fraction of sp³-hybridized carbons (Fsp3) is 0. The van der Waals surface area contributed by atoms with E-state index >= 15 is 0 Å². The van der Waals surface area contributed by atoms with Crippen molar-refractivity contribution in [3.63, 3.8) is 0 Å². The molecule has 0 heterocycles. The Balaban J connectivity index is -0.000000135. The van der Waals surface area contributed by atoms with Crippen molar-refractivity contribution in [2.24, 2.45) is 0 Å². The molecule has 0 amide bonds. The van der Waals surface area contributed by atoms with Gasteiger partial charge in [0, 0.05) is 0 Å². The van der Waals surface area contributed by atoms with Gasteiger partial charge in [0.25, 0.3) is 0 Å². The predicted molar refractivity (Wildman–Crippen MR) is 48.9 cm³/mol. The van der Waals surface area contributed by atoms with Crippen LogP contribution in [0.3, 0.4) is 0 Å². The topological polar surface area (TPSA) is 266 Å². The van der Waals surface area contributed by atoms with Crippen LogP contribution in [0.2, 0.25) is 0 Å². The van der Waals surface area contributed by atoms with E-state index in [-0.39, 0.29) is 68.7 Å². The number of hydrogen-bond acceptors (Lipinski definition) is 16. The maximum atomic E-state index is 9.37. The van der Waals surface area contributed by atoms with E-state index in [1.807, 2.05) is 0 Å². The second-order valence-electron chi connectivity index (χ2n) is 1.91. The van der Waals surface area contributed by atoms with Crippen molar-refractivity contribution in [3.05, 3.63) is 0 Å². The zero-order valence-electron chi connectivity index (χ0n) is 9.74. The van der Waals surface area contributed by atoms with Crippen LogP contribution in [0.15, 0.2) is 0 Å². The summed E-state index contributed by atoms with van der Waals surface area (Å²) in [5.41, 5.74) is 0. The first-order chi connectivity index (χ1) is 8.41. The molecule has 124 valence electrons. The summed E-state index contributed by atoms with van der Waals surface area (Å²) >= 11 is 0. The Morgan fingerprint density at radius 2 is 0.545 bits per heavy atom. The molecule has 0 spiro atoms. The monoisotopic (exact) mass is 450 g/mol. The van der Waals surface area contributed by atoms with E-state index in [1.165, 1.54) is 0 Å². The average Bonchev–Trinajstić information content (AvgIpc) is 2.09. The minimum atomic E-state index is -5.31.